The van der Waals surface area contributed by atoms with Crippen LogP contribution in [0.15, 0.2) is 11.8 Å². The number of hydrogen-bond acceptors (Lipinski definition) is 2. The van der Waals surface area contributed by atoms with E-state index >= 15 is 0 Å². The average Bonchev–Trinajstić information content (AvgIpc) is 1.87. The Balaban J connectivity index is 0. The average molecular weight is 170 g/mol. The predicted octanol–water partition coefficient (Wildman–Crippen LogP) is 2.83. The molecule has 0 aliphatic heterocycles. The van der Waals surface area contributed by atoms with E-state index in [-0.39, 0.29) is 5.92 Å². The number of hydrogen-bond donors (Lipinski definition) is 2. The minimum atomic E-state index is 0.287. The molecule has 0 rings (SSSR count). The fourth-order valence-corrected chi connectivity index (χ4v) is 0.425. The van der Waals surface area contributed by atoms with Crippen LogP contribution in [-0.4, -0.2) is 10.2 Å². The maximum absolute atomic E-state index is 8.41. The van der Waals surface area contributed by atoms with Gasteiger partial charge >= 0.3 is 0 Å². The zero-order valence-electron chi connectivity index (χ0n) is 8.26. The van der Waals surface area contributed by atoms with Gasteiger partial charge in [0.05, 0.1) is 5.76 Å². The highest BCUT2D eigenvalue weighted by Gasteiger charge is 1.77. The highest BCUT2D eigenvalue weighted by Crippen LogP contribution is 1.85. The van der Waals surface area contributed by atoms with Crippen molar-refractivity contribution in [3.05, 3.63) is 11.8 Å². The van der Waals surface area contributed by atoms with Crippen molar-refractivity contribution < 1.29 is 10.2 Å². The van der Waals surface area contributed by atoms with Crippen molar-refractivity contribution in [3.63, 3.8) is 0 Å². The number of aliphatic hydroxyl groups excluding tert-OH is 2. The van der Waals surface area contributed by atoms with Crippen LogP contribution in [0.4, 0.5) is 0 Å². The number of rotatable bonds is 1. The van der Waals surface area contributed by atoms with Crippen molar-refractivity contribution >= 4 is 0 Å². The summed E-state index contributed by atoms with van der Waals surface area (Å²) in [6, 6.07) is 0. The molecule has 0 bridgehead atoms. The lowest BCUT2D eigenvalue weighted by atomic mass is 10.2. The molecule has 0 saturated carbocycles. The first kappa shape index (κ1) is 13.5. The Morgan fingerprint density at radius 3 is 2.00 bits per heavy atom. The summed E-state index contributed by atoms with van der Waals surface area (Å²) in [5, 5.41) is 16.3. The molecule has 0 amide bonds. The zero-order valence-corrected chi connectivity index (χ0v) is 8.26. The van der Waals surface area contributed by atoms with Crippen LogP contribution in [0.5, 0.6) is 0 Å². The summed E-state index contributed by atoms with van der Waals surface area (Å²) in [5.74, 6) is 3.22. The Kier molecular flexibility index (Phi) is 11.1. The van der Waals surface area contributed by atoms with Crippen molar-refractivity contribution in [2.75, 3.05) is 0 Å². The van der Waals surface area contributed by atoms with Gasteiger partial charge in [-0.2, -0.15) is 0 Å². The normalized spacial score (nSPS) is 9.58. The fraction of sp³-hybridized carbons (Fsp3) is 0.600. The number of aliphatic hydroxyl groups is 2. The quantitative estimate of drug-likeness (QED) is 0.469. The van der Waals surface area contributed by atoms with E-state index in [0.717, 1.165) is 6.42 Å². The summed E-state index contributed by atoms with van der Waals surface area (Å²) in [4.78, 5) is 0. The third-order valence-corrected chi connectivity index (χ3v) is 0.853. The van der Waals surface area contributed by atoms with Gasteiger partial charge in [-0.1, -0.05) is 26.7 Å². The molecule has 0 aliphatic carbocycles. The summed E-state index contributed by atoms with van der Waals surface area (Å²) in [6.07, 6.45) is 4.50. The Hall–Kier alpha value is -1.10. The second-order valence-electron chi connectivity index (χ2n) is 2.66. The first-order valence-corrected chi connectivity index (χ1v) is 4.04. The second kappa shape index (κ2) is 9.90. The van der Waals surface area contributed by atoms with Crippen molar-refractivity contribution in [2.45, 2.75) is 34.1 Å². The predicted molar refractivity (Wildman–Crippen MR) is 51.2 cm³/mol. The van der Waals surface area contributed by atoms with Gasteiger partial charge in [0.1, 0.15) is 6.11 Å². The van der Waals surface area contributed by atoms with Crippen LogP contribution in [0.25, 0.3) is 0 Å². The largest absolute Gasteiger partial charge is 0.513 e. The van der Waals surface area contributed by atoms with Crippen LogP contribution in [0.2, 0.25) is 0 Å². The third-order valence-electron chi connectivity index (χ3n) is 0.853. The van der Waals surface area contributed by atoms with E-state index in [9.17, 15) is 0 Å². The van der Waals surface area contributed by atoms with Crippen LogP contribution in [0.1, 0.15) is 34.1 Å². The smallest absolute Gasteiger partial charge is 0.107 e. The van der Waals surface area contributed by atoms with Crippen LogP contribution in [-0.2, 0) is 0 Å². The topological polar surface area (TPSA) is 40.5 Å². The standard InChI is InChI=1S/C5H8O.C5H10O/c1-5(2)3-4-6;1-3-4-5(2)6/h5-6H,1-2H3;4,6H,3H2,1-2H3. The molecule has 0 spiro atoms. The van der Waals surface area contributed by atoms with E-state index < -0.39 is 0 Å². The van der Waals surface area contributed by atoms with Crippen molar-refractivity contribution in [2.24, 2.45) is 5.92 Å². The molecule has 12 heavy (non-hydrogen) atoms. The molecule has 0 saturated heterocycles. The Labute approximate surface area is 74.9 Å². The Morgan fingerprint density at radius 1 is 1.50 bits per heavy atom. The monoisotopic (exact) mass is 170 g/mol. The first-order chi connectivity index (χ1) is 5.54. The fourth-order valence-electron chi connectivity index (χ4n) is 0.425. The molecule has 2 heteroatoms. The lowest BCUT2D eigenvalue weighted by molar-refractivity contribution is 0.412. The highest BCUT2D eigenvalue weighted by atomic mass is 16.3. The SMILES string of the molecule is CC(C)C#CO.CCC=C(C)O. The molecule has 0 atom stereocenters. The van der Waals surface area contributed by atoms with E-state index in [2.05, 4.69) is 5.92 Å². The second-order valence-corrected chi connectivity index (χ2v) is 2.66. The maximum atomic E-state index is 8.41. The molecule has 0 unspecified atom stereocenters. The Morgan fingerprint density at radius 2 is 2.00 bits per heavy atom. The van der Waals surface area contributed by atoms with Crippen LogP contribution >= 0.6 is 0 Å². The van der Waals surface area contributed by atoms with E-state index in [1.807, 2.05) is 26.9 Å². The number of allylic oxidation sites excluding steroid dienone is 2. The summed E-state index contributed by atoms with van der Waals surface area (Å²) < 4.78 is 0. The molecule has 0 heterocycles. The summed E-state index contributed by atoms with van der Waals surface area (Å²) in [5.41, 5.74) is 0. The van der Waals surface area contributed by atoms with Crippen molar-refractivity contribution in [3.8, 4) is 12.0 Å². The van der Waals surface area contributed by atoms with E-state index in [4.69, 9.17) is 10.2 Å². The summed E-state index contributed by atoms with van der Waals surface area (Å²) >= 11 is 0. The lowest BCUT2D eigenvalue weighted by Gasteiger charge is -1.80. The lowest BCUT2D eigenvalue weighted by Crippen LogP contribution is -1.75. The van der Waals surface area contributed by atoms with Gasteiger partial charge in [-0.15, -0.1) is 0 Å². The van der Waals surface area contributed by atoms with Gasteiger partial charge in [-0.25, -0.2) is 0 Å². The van der Waals surface area contributed by atoms with E-state index in [0.29, 0.717) is 5.76 Å². The minimum Gasteiger partial charge on any atom is -0.513 e. The Bertz CT molecular complexity index is 166. The zero-order chi connectivity index (χ0) is 9.98. The minimum absolute atomic E-state index is 0.287. The van der Waals surface area contributed by atoms with Gasteiger partial charge < -0.3 is 10.2 Å². The van der Waals surface area contributed by atoms with Gasteiger partial charge in [-0.05, 0) is 19.4 Å². The van der Waals surface area contributed by atoms with Gasteiger partial charge in [0, 0.05) is 5.92 Å². The molecule has 2 nitrogen and oxygen atoms in total. The molecule has 2 N–H and O–H groups in total. The van der Waals surface area contributed by atoms with Crippen LogP contribution in [0.3, 0.4) is 0 Å². The molecule has 0 fully saturated rings. The van der Waals surface area contributed by atoms with E-state index in [1.54, 1.807) is 13.0 Å². The molecule has 0 aromatic rings. The summed E-state index contributed by atoms with van der Waals surface area (Å²) in [7, 11) is 0. The molecular weight excluding hydrogens is 152 g/mol. The van der Waals surface area contributed by atoms with Crippen LogP contribution < -0.4 is 0 Å². The molecule has 0 aliphatic rings. The van der Waals surface area contributed by atoms with Crippen LogP contribution in [0, 0.1) is 17.9 Å². The molecular formula is C10H18O2. The van der Waals surface area contributed by atoms with Gasteiger partial charge in [0.25, 0.3) is 0 Å². The molecule has 0 radical (unpaired) electrons. The first-order valence-electron chi connectivity index (χ1n) is 4.04. The molecule has 0 aromatic heterocycles. The molecule has 70 valence electrons. The summed E-state index contributed by atoms with van der Waals surface area (Å²) in [6.45, 7) is 7.50. The third kappa shape index (κ3) is 23.1. The molecule has 0 aromatic carbocycles. The van der Waals surface area contributed by atoms with Gasteiger partial charge in [-0.3, -0.25) is 0 Å². The van der Waals surface area contributed by atoms with Gasteiger partial charge in [0.15, 0.2) is 0 Å². The van der Waals surface area contributed by atoms with E-state index in [1.165, 1.54) is 0 Å². The van der Waals surface area contributed by atoms with Gasteiger partial charge in [0.2, 0.25) is 0 Å². The maximum Gasteiger partial charge on any atom is 0.107 e. The highest BCUT2D eigenvalue weighted by molar-refractivity contribution is 4.92. The van der Waals surface area contributed by atoms with Crippen molar-refractivity contribution in [1.82, 2.24) is 0 Å². The van der Waals surface area contributed by atoms with Crippen molar-refractivity contribution in [1.29, 1.82) is 0 Å².